The molecular formula is C21H18FN3. The molecule has 1 heterocycles. The fourth-order valence-corrected chi connectivity index (χ4v) is 2.52. The Bertz CT molecular complexity index is 946. The van der Waals surface area contributed by atoms with Gasteiger partial charge >= 0.3 is 0 Å². The van der Waals surface area contributed by atoms with E-state index in [1.165, 1.54) is 6.08 Å². The summed E-state index contributed by atoms with van der Waals surface area (Å²) in [4.78, 5) is 8.98. The first kappa shape index (κ1) is 16.6. The average Bonchev–Trinajstić information content (AvgIpc) is 2.67. The van der Waals surface area contributed by atoms with Crippen molar-refractivity contribution in [3.8, 4) is 0 Å². The molecule has 0 saturated heterocycles. The predicted octanol–water partition coefficient (Wildman–Crippen LogP) is 5.29. The highest BCUT2D eigenvalue weighted by molar-refractivity contribution is 5.90. The van der Waals surface area contributed by atoms with Gasteiger partial charge in [0.25, 0.3) is 0 Å². The molecule has 0 aliphatic rings. The molecule has 0 bridgehead atoms. The van der Waals surface area contributed by atoms with Crippen molar-refractivity contribution >= 4 is 22.3 Å². The van der Waals surface area contributed by atoms with Gasteiger partial charge in [-0.1, -0.05) is 61.7 Å². The maximum absolute atomic E-state index is 14.1. The number of aromatic nitrogens is 2. The minimum absolute atomic E-state index is 0.225. The summed E-state index contributed by atoms with van der Waals surface area (Å²) >= 11 is 0. The van der Waals surface area contributed by atoms with E-state index in [1.807, 2.05) is 54.6 Å². The first-order valence-electron chi connectivity index (χ1n) is 7.92. The predicted molar refractivity (Wildman–Crippen MR) is 102 cm³/mol. The second kappa shape index (κ2) is 7.53. The number of rotatable bonds is 6. The Labute approximate surface area is 146 Å². The third-order valence-corrected chi connectivity index (χ3v) is 3.79. The third-order valence-electron chi connectivity index (χ3n) is 3.79. The lowest BCUT2D eigenvalue weighted by Crippen LogP contribution is -2.05. The van der Waals surface area contributed by atoms with Gasteiger partial charge in [-0.05, 0) is 23.8 Å². The molecule has 0 aliphatic heterocycles. The van der Waals surface area contributed by atoms with Gasteiger partial charge in [0.1, 0.15) is 11.6 Å². The SMILES string of the molecule is C=C/C(F)=C(\C=C)c1nc(NCc2ccccc2)c2ccccc2n1. The molecule has 0 atom stereocenters. The van der Waals surface area contributed by atoms with Crippen LogP contribution in [0, 0.1) is 0 Å². The van der Waals surface area contributed by atoms with Gasteiger partial charge < -0.3 is 5.32 Å². The standard InChI is InChI=1S/C21H18FN3/c1-3-16(18(22)4-2)21-24-19-13-9-8-12-17(19)20(25-21)23-14-15-10-6-5-7-11-15/h3-13H,1-2,14H2,(H,23,24,25)/b18-16-. The summed E-state index contributed by atoms with van der Waals surface area (Å²) < 4.78 is 14.1. The molecule has 3 rings (SSSR count). The summed E-state index contributed by atoms with van der Waals surface area (Å²) in [6.07, 6.45) is 2.54. The van der Waals surface area contributed by atoms with Crippen LogP contribution in [0.25, 0.3) is 16.5 Å². The highest BCUT2D eigenvalue weighted by Crippen LogP contribution is 2.26. The van der Waals surface area contributed by atoms with Gasteiger partial charge in [0.2, 0.25) is 0 Å². The smallest absolute Gasteiger partial charge is 0.165 e. The van der Waals surface area contributed by atoms with Crippen molar-refractivity contribution in [1.29, 1.82) is 0 Å². The van der Waals surface area contributed by atoms with Crippen LogP contribution in [-0.4, -0.2) is 9.97 Å². The van der Waals surface area contributed by atoms with Crippen LogP contribution in [0.5, 0.6) is 0 Å². The van der Waals surface area contributed by atoms with Crippen LogP contribution in [0.3, 0.4) is 0 Å². The van der Waals surface area contributed by atoms with Gasteiger partial charge in [0, 0.05) is 11.9 Å². The summed E-state index contributed by atoms with van der Waals surface area (Å²) in [5.41, 5.74) is 2.09. The summed E-state index contributed by atoms with van der Waals surface area (Å²) in [7, 11) is 0. The van der Waals surface area contributed by atoms with E-state index in [4.69, 9.17) is 0 Å². The summed E-state index contributed by atoms with van der Waals surface area (Å²) in [5, 5.41) is 4.20. The number of nitrogens with one attached hydrogen (secondary N) is 1. The van der Waals surface area contributed by atoms with Crippen LogP contribution in [0.1, 0.15) is 11.4 Å². The third kappa shape index (κ3) is 3.63. The van der Waals surface area contributed by atoms with Crippen LogP contribution in [0.4, 0.5) is 10.2 Å². The first-order chi connectivity index (χ1) is 12.2. The van der Waals surface area contributed by atoms with E-state index < -0.39 is 5.83 Å². The Kier molecular flexibility index (Phi) is 5.00. The Hall–Kier alpha value is -3.27. The minimum atomic E-state index is -0.501. The number of halogens is 1. The summed E-state index contributed by atoms with van der Waals surface area (Å²) in [6, 6.07) is 17.6. The second-order valence-electron chi connectivity index (χ2n) is 5.42. The molecule has 0 saturated carbocycles. The Morgan fingerprint density at radius 1 is 0.960 bits per heavy atom. The lowest BCUT2D eigenvalue weighted by atomic mass is 10.1. The molecule has 1 aromatic heterocycles. The lowest BCUT2D eigenvalue weighted by molar-refractivity contribution is 0.670. The normalized spacial score (nSPS) is 11.7. The molecule has 0 fully saturated rings. The molecule has 0 amide bonds. The van der Waals surface area contributed by atoms with Gasteiger partial charge in [0.15, 0.2) is 5.82 Å². The summed E-state index contributed by atoms with van der Waals surface area (Å²) in [6.45, 7) is 7.74. The van der Waals surface area contributed by atoms with E-state index in [0.29, 0.717) is 12.4 Å². The zero-order valence-corrected chi connectivity index (χ0v) is 13.7. The molecule has 0 spiro atoms. The van der Waals surface area contributed by atoms with E-state index in [2.05, 4.69) is 28.4 Å². The molecular weight excluding hydrogens is 313 g/mol. The largest absolute Gasteiger partial charge is 0.365 e. The highest BCUT2D eigenvalue weighted by atomic mass is 19.1. The van der Waals surface area contributed by atoms with Crippen LogP contribution < -0.4 is 5.32 Å². The van der Waals surface area contributed by atoms with Crippen molar-refractivity contribution < 1.29 is 4.39 Å². The van der Waals surface area contributed by atoms with Gasteiger partial charge in [-0.3, -0.25) is 0 Å². The van der Waals surface area contributed by atoms with Gasteiger partial charge in [-0.15, -0.1) is 0 Å². The van der Waals surface area contributed by atoms with Crippen molar-refractivity contribution in [1.82, 2.24) is 9.97 Å². The number of anilines is 1. The fourth-order valence-electron chi connectivity index (χ4n) is 2.52. The van der Waals surface area contributed by atoms with Crippen molar-refractivity contribution in [2.75, 3.05) is 5.32 Å². The molecule has 124 valence electrons. The zero-order valence-electron chi connectivity index (χ0n) is 13.7. The van der Waals surface area contributed by atoms with E-state index in [9.17, 15) is 4.39 Å². The molecule has 3 nitrogen and oxygen atoms in total. The van der Waals surface area contributed by atoms with Crippen molar-refractivity contribution in [3.63, 3.8) is 0 Å². The molecule has 4 heteroatoms. The molecule has 0 radical (unpaired) electrons. The van der Waals surface area contributed by atoms with Gasteiger partial charge in [0.05, 0.1) is 11.1 Å². The number of para-hydroxylation sites is 1. The van der Waals surface area contributed by atoms with E-state index in [-0.39, 0.29) is 11.4 Å². The van der Waals surface area contributed by atoms with Crippen LogP contribution in [-0.2, 0) is 6.54 Å². The van der Waals surface area contributed by atoms with Gasteiger partial charge in [-0.2, -0.15) is 0 Å². The molecule has 25 heavy (non-hydrogen) atoms. The topological polar surface area (TPSA) is 37.8 Å². The van der Waals surface area contributed by atoms with Crippen LogP contribution in [0.15, 0.2) is 85.7 Å². The van der Waals surface area contributed by atoms with E-state index in [1.54, 1.807) is 0 Å². The molecule has 0 aliphatic carbocycles. The Balaban J connectivity index is 2.06. The van der Waals surface area contributed by atoms with Crippen LogP contribution in [0.2, 0.25) is 0 Å². The summed E-state index contributed by atoms with van der Waals surface area (Å²) in [5.74, 6) is 0.432. The van der Waals surface area contributed by atoms with Crippen molar-refractivity contribution in [2.45, 2.75) is 6.54 Å². The molecule has 3 aromatic rings. The quantitative estimate of drug-likeness (QED) is 0.623. The number of hydrogen-bond acceptors (Lipinski definition) is 3. The number of allylic oxidation sites excluding steroid dienone is 4. The lowest BCUT2D eigenvalue weighted by Gasteiger charge is -2.11. The van der Waals surface area contributed by atoms with Crippen LogP contribution >= 0.6 is 0 Å². The first-order valence-corrected chi connectivity index (χ1v) is 7.92. The number of nitrogens with zero attached hydrogens (tertiary/aromatic N) is 2. The molecule has 0 unspecified atom stereocenters. The maximum atomic E-state index is 14.1. The van der Waals surface area contributed by atoms with Crippen molar-refractivity contribution in [3.05, 3.63) is 97.1 Å². The van der Waals surface area contributed by atoms with E-state index in [0.717, 1.165) is 22.5 Å². The molecule has 2 aromatic carbocycles. The number of fused-ring (bicyclic) bond motifs is 1. The number of hydrogen-bond donors (Lipinski definition) is 1. The Morgan fingerprint density at radius 3 is 2.40 bits per heavy atom. The van der Waals surface area contributed by atoms with E-state index >= 15 is 0 Å². The number of benzene rings is 2. The fraction of sp³-hybridized carbons (Fsp3) is 0.0476. The van der Waals surface area contributed by atoms with Crippen molar-refractivity contribution in [2.24, 2.45) is 0 Å². The average molecular weight is 331 g/mol. The van der Waals surface area contributed by atoms with Gasteiger partial charge in [-0.25, -0.2) is 14.4 Å². The minimum Gasteiger partial charge on any atom is -0.365 e. The highest BCUT2D eigenvalue weighted by Gasteiger charge is 2.12. The zero-order chi connectivity index (χ0) is 17.6. The monoisotopic (exact) mass is 331 g/mol. The maximum Gasteiger partial charge on any atom is 0.165 e. The Morgan fingerprint density at radius 2 is 1.68 bits per heavy atom. The molecule has 1 N–H and O–H groups in total. The second-order valence-corrected chi connectivity index (χ2v) is 5.42.